The number of hydrogen-bond acceptors (Lipinski definition) is 2. The van der Waals surface area contributed by atoms with E-state index >= 15 is 0 Å². The molecule has 0 aliphatic rings. The molecule has 0 atom stereocenters. The summed E-state index contributed by atoms with van der Waals surface area (Å²) >= 11 is 5.85. The van der Waals surface area contributed by atoms with Crippen LogP contribution < -0.4 is 5.32 Å². The highest BCUT2D eigenvalue weighted by Gasteiger charge is 2.16. The van der Waals surface area contributed by atoms with Gasteiger partial charge in [0.1, 0.15) is 11.0 Å². The quantitative estimate of drug-likeness (QED) is 0.561. The molecule has 0 aromatic carbocycles. The third-order valence-electron chi connectivity index (χ3n) is 2.92. The predicted octanol–water partition coefficient (Wildman–Crippen LogP) is 4.75. The molecule has 17 heavy (non-hydrogen) atoms. The molecule has 0 aliphatic carbocycles. The van der Waals surface area contributed by atoms with E-state index in [9.17, 15) is 0 Å². The number of rotatable bonds is 7. The first-order valence-corrected chi connectivity index (χ1v) is 6.78. The molecule has 0 radical (unpaired) electrons. The lowest BCUT2D eigenvalue weighted by Gasteiger charge is -2.25. The fourth-order valence-electron chi connectivity index (χ4n) is 1.78. The Morgan fingerprint density at radius 2 is 2.06 bits per heavy atom. The van der Waals surface area contributed by atoms with Crippen molar-refractivity contribution in [3.63, 3.8) is 0 Å². The molecule has 0 aliphatic heterocycles. The summed E-state index contributed by atoms with van der Waals surface area (Å²) in [5.74, 6) is 0.862. The molecule has 96 valence electrons. The van der Waals surface area contributed by atoms with Gasteiger partial charge in [-0.2, -0.15) is 0 Å². The SMILES string of the molecule is CCCCCC(C)(C)CNc1cccc(Cl)n1. The van der Waals surface area contributed by atoms with Crippen LogP contribution in [-0.2, 0) is 0 Å². The highest BCUT2D eigenvalue weighted by Crippen LogP contribution is 2.24. The normalized spacial score (nSPS) is 11.5. The third-order valence-corrected chi connectivity index (χ3v) is 3.13. The van der Waals surface area contributed by atoms with Crippen LogP contribution in [0.4, 0.5) is 5.82 Å². The molecule has 1 rings (SSSR count). The molecule has 1 aromatic heterocycles. The Hall–Kier alpha value is -0.760. The number of nitrogens with zero attached hydrogens (tertiary/aromatic N) is 1. The number of anilines is 1. The molecular formula is C14H23ClN2. The molecule has 3 heteroatoms. The zero-order valence-electron chi connectivity index (χ0n) is 11.1. The fourth-order valence-corrected chi connectivity index (χ4v) is 1.94. The van der Waals surface area contributed by atoms with Crippen molar-refractivity contribution in [2.45, 2.75) is 46.5 Å². The summed E-state index contributed by atoms with van der Waals surface area (Å²) in [5, 5.41) is 3.90. The summed E-state index contributed by atoms with van der Waals surface area (Å²) in [5.41, 5.74) is 0.305. The molecule has 1 N–H and O–H groups in total. The minimum Gasteiger partial charge on any atom is -0.369 e. The van der Waals surface area contributed by atoms with Gasteiger partial charge in [0.25, 0.3) is 0 Å². The van der Waals surface area contributed by atoms with Crippen LogP contribution in [0.25, 0.3) is 0 Å². The maximum atomic E-state index is 5.85. The summed E-state index contributed by atoms with van der Waals surface area (Å²) in [4.78, 5) is 4.23. The van der Waals surface area contributed by atoms with Crippen LogP contribution in [0.1, 0.15) is 46.5 Å². The Kier molecular flexibility index (Phi) is 5.76. The number of unbranched alkanes of at least 4 members (excludes halogenated alkanes) is 2. The van der Waals surface area contributed by atoms with Crippen molar-refractivity contribution in [3.05, 3.63) is 23.4 Å². The second kappa shape index (κ2) is 6.85. The van der Waals surface area contributed by atoms with Crippen LogP contribution in [0, 0.1) is 5.41 Å². The topological polar surface area (TPSA) is 24.9 Å². The minimum atomic E-state index is 0.305. The van der Waals surface area contributed by atoms with Gasteiger partial charge in [0, 0.05) is 6.54 Å². The highest BCUT2D eigenvalue weighted by atomic mass is 35.5. The van der Waals surface area contributed by atoms with Gasteiger partial charge in [-0.25, -0.2) is 4.98 Å². The molecule has 1 heterocycles. The first-order valence-electron chi connectivity index (χ1n) is 6.40. The smallest absolute Gasteiger partial charge is 0.131 e. The summed E-state index contributed by atoms with van der Waals surface area (Å²) in [6.07, 6.45) is 5.14. The lowest BCUT2D eigenvalue weighted by atomic mass is 9.87. The molecule has 2 nitrogen and oxygen atoms in total. The van der Waals surface area contributed by atoms with Crippen LogP contribution in [0.5, 0.6) is 0 Å². The van der Waals surface area contributed by atoms with Crippen LogP contribution in [0.3, 0.4) is 0 Å². The van der Waals surface area contributed by atoms with Crippen LogP contribution in [0.2, 0.25) is 5.15 Å². The fraction of sp³-hybridized carbons (Fsp3) is 0.643. The van der Waals surface area contributed by atoms with E-state index in [4.69, 9.17) is 11.6 Å². The first-order chi connectivity index (χ1) is 8.03. The van der Waals surface area contributed by atoms with E-state index < -0.39 is 0 Å². The molecule has 0 fully saturated rings. The van der Waals surface area contributed by atoms with E-state index in [1.54, 1.807) is 6.07 Å². The average molecular weight is 255 g/mol. The van der Waals surface area contributed by atoms with E-state index in [0.717, 1.165) is 12.4 Å². The van der Waals surface area contributed by atoms with Gasteiger partial charge in [-0.05, 0) is 24.0 Å². The van der Waals surface area contributed by atoms with Crippen LogP contribution in [0.15, 0.2) is 18.2 Å². The second-order valence-electron chi connectivity index (χ2n) is 5.32. The molecule has 0 amide bonds. The molecule has 0 bridgehead atoms. The molecule has 0 saturated carbocycles. The zero-order chi connectivity index (χ0) is 12.7. The van der Waals surface area contributed by atoms with Crippen molar-refractivity contribution in [2.24, 2.45) is 5.41 Å². The van der Waals surface area contributed by atoms with E-state index in [2.05, 4.69) is 31.1 Å². The third kappa shape index (κ3) is 5.92. The van der Waals surface area contributed by atoms with Gasteiger partial charge in [-0.1, -0.05) is 57.7 Å². The summed E-state index contributed by atoms with van der Waals surface area (Å²) < 4.78 is 0. The summed E-state index contributed by atoms with van der Waals surface area (Å²) in [6, 6.07) is 5.66. The molecule has 1 aromatic rings. The Morgan fingerprint density at radius 3 is 2.71 bits per heavy atom. The van der Waals surface area contributed by atoms with Crippen molar-refractivity contribution in [1.82, 2.24) is 4.98 Å². The molecule has 0 unspecified atom stereocenters. The van der Waals surface area contributed by atoms with Gasteiger partial charge in [0.15, 0.2) is 0 Å². The number of nitrogens with one attached hydrogen (secondary N) is 1. The lowest BCUT2D eigenvalue weighted by Crippen LogP contribution is -2.23. The Morgan fingerprint density at radius 1 is 1.29 bits per heavy atom. The summed E-state index contributed by atoms with van der Waals surface area (Å²) in [7, 11) is 0. The van der Waals surface area contributed by atoms with Gasteiger partial charge < -0.3 is 5.32 Å². The zero-order valence-corrected chi connectivity index (χ0v) is 11.8. The monoisotopic (exact) mass is 254 g/mol. The highest BCUT2D eigenvalue weighted by molar-refractivity contribution is 6.29. The number of halogens is 1. The van der Waals surface area contributed by atoms with E-state index in [0.29, 0.717) is 10.6 Å². The Bertz CT molecular complexity index is 337. The summed E-state index contributed by atoms with van der Waals surface area (Å²) in [6.45, 7) is 7.76. The average Bonchev–Trinajstić information content (AvgIpc) is 2.27. The predicted molar refractivity (Wildman–Crippen MR) is 75.7 cm³/mol. The minimum absolute atomic E-state index is 0.305. The van der Waals surface area contributed by atoms with Gasteiger partial charge in [0.2, 0.25) is 0 Å². The maximum absolute atomic E-state index is 5.85. The largest absolute Gasteiger partial charge is 0.369 e. The van der Waals surface area contributed by atoms with Crippen molar-refractivity contribution < 1.29 is 0 Å². The van der Waals surface area contributed by atoms with E-state index in [1.807, 2.05) is 12.1 Å². The number of hydrogen-bond donors (Lipinski definition) is 1. The Balaban J connectivity index is 2.38. The molecular weight excluding hydrogens is 232 g/mol. The lowest BCUT2D eigenvalue weighted by molar-refractivity contribution is 0.342. The van der Waals surface area contributed by atoms with Gasteiger partial charge in [-0.15, -0.1) is 0 Å². The van der Waals surface area contributed by atoms with Crippen molar-refractivity contribution in [1.29, 1.82) is 0 Å². The van der Waals surface area contributed by atoms with Crippen LogP contribution in [-0.4, -0.2) is 11.5 Å². The maximum Gasteiger partial charge on any atom is 0.131 e. The standard InChI is InChI=1S/C14H23ClN2/c1-4-5-6-10-14(2,3)11-16-13-9-7-8-12(15)17-13/h7-9H,4-6,10-11H2,1-3H3,(H,16,17). The van der Waals surface area contributed by atoms with Crippen molar-refractivity contribution in [2.75, 3.05) is 11.9 Å². The Labute approximate surface area is 110 Å². The second-order valence-corrected chi connectivity index (χ2v) is 5.71. The number of pyridine rings is 1. The van der Waals surface area contributed by atoms with Gasteiger partial charge >= 0.3 is 0 Å². The molecule has 0 saturated heterocycles. The number of aromatic nitrogens is 1. The van der Waals surface area contributed by atoms with Crippen molar-refractivity contribution >= 4 is 17.4 Å². The molecule has 0 spiro atoms. The van der Waals surface area contributed by atoms with Gasteiger partial charge in [0.05, 0.1) is 0 Å². The van der Waals surface area contributed by atoms with Crippen LogP contribution >= 0.6 is 11.6 Å². The first kappa shape index (κ1) is 14.3. The van der Waals surface area contributed by atoms with Gasteiger partial charge in [-0.3, -0.25) is 0 Å². The van der Waals surface area contributed by atoms with E-state index in [1.165, 1.54) is 25.7 Å². The van der Waals surface area contributed by atoms with Crippen molar-refractivity contribution in [3.8, 4) is 0 Å². The van der Waals surface area contributed by atoms with E-state index in [-0.39, 0.29) is 0 Å².